The molecule has 2 aliphatic rings. The number of fused-ring (bicyclic) bond motifs is 6. The molecule has 2 aliphatic heterocycles. The number of hydrogen-bond acceptors (Lipinski definition) is 0. The van der Waals surface area contributed by atoms with Crippen LogP contribution >= 0.6 is 0 Å². The van der Waals surface area contributed by atoms with Crippen LogP contribution in [0, 0.1) is 111 Å². The average molecular weight is 807 g/mol. The van der Waals surface area contributed by atoms with E-state index in [1.807, 2.05) is 0 Å². The summed E-state index contributed by atoms with van der Waals surface area (Å²) in [6.45, 7) is 45.4. The summed E-state index contributed by atoms with van der Waals surface area (Å²) in [7, 11) is 0. The first kappa shape index (κ1) is 41.0. The van der Waals surface area contributed by atoms with Gasteiger partial charge in [-0.15, -0.1) is 0 Å². The zero-order chi connectivity index (χ0) is 44.7. The topological polar surface area (TPSA) is 0 Å². The SMILES string of the molecule is Cc1c(C)c(C)c2c(c1C)B(c1cc(B3c4c(C)c(C)c(C)c(C)c4-c4c(C)c(C)c(C)c(C)c43)c3ccc4cc(C(C)(C)C)cc5ccc1c3c54)c1c(C)c(C)c(C)c(C)c1-2. The van der Waals surface area contributed by atoms with Gasteiger partial charge in [-0.05, 0) is 243 Å². The standard InChI is InChI=1S/C60H64B2/c1-27-31(5)39(13)56-50(35(27)9)51-36(10)28(2)32(6)40(14)57(51)61(56)48-26-49(47-23-21-44-25-45(60(17,18)19)24-43-20-22-46(48)55(47)54(43)44)62-58-41(15)33(7)29(3)37(11)52(58)53-38(12)30(4)34(8)42(16)59(53)62/h20-26H,1-19H3. The highest BCUT2D eigenvalue weighted by Gasteiger charge is 2.44. The molecule has 2 heterocycles. The summed E-state index contributed by atoms with van der Waals surface area (Å²) in [5.41, 5.74) is 39.5. The molecule has 0 bridgehead atoms. The van der Waals surface area contributed by atoms with Gasteiger partial charge in [0.2, 0.25) is 13.4 Å². The van der Waals surface area contributed by atoms with Gasteiger partial charge in [-0.1, -0.05) is 118 Å². The fourth-order valence-electron chi connectivity index (χ4n) is 12.9. The van der Waals surface area contributed by atoms with Crippen molar-refractivity contribution in [1.29, 1.82) is 0 Å². The van der Waals surface area contributed by atoms with E-state index in [0.717, 1.165) is 0 Å². The van der Waals surface area contributed by atoms with Crippen molar-refractivity contribution in [2.45, 2.75) is 137 Å². The zero-order valence-electron chi connectivity index (χ0n) is 41.2. The molecule has 310 valence electrons. The van der Waals surface area contributed by atoms with Crippen LogP contribution in [0.4, 0.5) is 0 Å². The first-order chi connectivity index (χ1) is 29.1. The van der Waals surface area contributed by atoms with Gasteiger partial charge in [0.1, 0.15) is 0 Å². The molecule has 2 heteroatoms. The summed E-state index contributed by atoms with van der Waals surface area (Å²) >= 11 is 0. The maximum Gasteiger partial charge on any atom is 0.244 e. The van der Waals surface area contributed by atoms with Crippen molar-refractivity contribution in [3.05, 3.63) is 137 Å². The van der Waals surface area contributed by atoms with Gasteiger partial charge in [-0.3, -0.25) is 0 Å². The molecule has 62 heavy (non-hydrogen) atoms. The van der Waals surface area contributed by atoms with Crippen LogP contribution in [0.15, 0.2) is 42.5 Å². The third-order valence-electron chi connectivity index (χ3n) is 17.9. The van der Waals surface area contributed by atoms with E-state index < -0.39 is 0 Å². The Kier molecular flexibility index (Phi) is 8.74. The van der Waals surface area contributed by atoms with Crippen LogP contribution in [0.5, 0.6) is 0 Å². The molecule has 0 N–H and O–H groups in total. The lowest BCUT2D eigenvalue weighted by atomic mass is 9.33. The zero-order valence-corrected chi connectivity index (χ0v) is 41.2. The van der Waals surface area contributed by atoms with Crippen molar-refractivity contribution in [2.24, 2.45) is 0 Å². The maximum atomic E-state index is 2.75. The van der Waals surface area contributed by atoms with Gasteiger partial charge in [0.15, 0.2) is 0 Å². The van der Waals surface area contributed by atoms with Crippen LogP contribution in [0.2, 0.25) is 0 Å². The second-order valence-electron chi connectivity index (χ2n) is 21.2. The monoisotopic (exact) mass is 807 g/mol. The summed E-state index contributed by atoms with van der Waals surface area (Å²) in [6, 6.07) is 17.7. The molecule has 0 atom stereocenters. The van der Waals surface area contributed by atoms with Gasteiger partial charge in [-0.25, -0.2) is 0 Å². The minimum absolute atomic E-state index is 0.0445. The summed E-state index contributed by atoms with van der Waals surface area (Å²) in [6.07, 6.45) is 0. The largest absolute Gasteiger partial charge is 0.244 e. The fourth-order valence-corrected chi connectivity index (χ4v) is 12.9. The molecule has 0 fully saturated rings. The first-order valence-corrected chi connectivity index (χ1v) is 23.3. The highest BCUT2D eigenvalue weighted by Crippen LogP contribution is 2.43. The van der Waals surface area contributed by atoms with Crippen LogP contribution < -0.4 is 32.8 Å². The van der Waals surface area contributed by atoms with E-state index in [1.54, 1.807) is 0 Å². The van der Waals surface area contributed by atoms with Crippen molar-refractivity contribution in [2.75, 3.05) is 0 Å². The average Bonchev–Trinajstić information content (AvgIpc) is 3.79. The predicted octanol–water partition coefficient (Wildman–Crippen LogP) is 11.8. The Balaban J connectivity index is 1.46. The van der Waals surface area contributed by atoms with Gasteiger partial charge in [0.05, 0.1) is 0 Å². The molecule has 0 amide bonds. The van der Waals surface area contributed by atoms with Gasteiger partial charge < -0.3 is 0 Å². The molecule has 0 saturated carbocycles. The molecule has 0 aliphatic carbocycles. The summed E-state index contributed by atoms with van der Waals surface area (Å²) < 4.78 is 0. The first-order valence-electron chi connectivity index (χ1n) is 23.3. The van der Waals surface area contributed by atoms with E-state index in [1.165, 1.54) is 182 Å². The van der Waals surface area contributed by atoms with Crippen LogP contribution in [0.1, 0.15) is 115 Å². The summed E-state index contributed by atoms with van der Waals surface area (Å²) in [5, 5.41) is 8.35. The van der Waals surface area contributed by atoms with E-state index in [0.29, 0.717) is 0 Å². The van der Waals surface area contributed by atoms with Crippen molar-refractivity contribution >= 4 is 78.5 Å². The van der Waals surface area contributed by atoms with Crippen molar-refractivity contribution < 1.29 is 0 Å². The minimum atomic E-state index is 0.0445. The quantitative estimate of drug-likeness (QED) is 0.121. The minimum Gasteiger partial charge on any atom is -0.0705 e. The number of benzene rings is 8. The molecule has 0 unspecified atom stereocenters. The van der Waals surface area contributed by atoms with E-state index in [2.05, 4.69) is 174 Å². The molecule has 0 radical (unpaired) electrons. The Hall–Kier alpha value is -5.07. The van der Waals surface area contributed by atoms with Crippen LogP contribution in [0.3, 0.4) is 0 Å². The third kappa shape index (κ3) is 4.99. The van der Waals surface area contributed by atoms with E-state index >= 15 is 0 Å². The third-order valence-corrected chi connectivity index (χ3v) is 17.9. The molecular formula is C60H64B2. The second-order valence-corrected chi connectivity index (χ2v) is 21.2. The molecule has 0 aromatic heterocycles. The molecule has 0 nitrogen and oxygen atoms in total. The lowest BCUT2D eigenvalue weighted by molar-refractivity contribution is 0.591. The van der Waals surface area contributed by atoms with E-state index in [9.17, 15) is 0 Å². The summed E-state index contributed by atoms with van der Waals surface area (Å²) in [4.78, 5) is 0. The van der Waals surface area contributed by atoms with Gasteiger partial charge >= 0.3 is 0 Å². The molecule has 0 saturated heterocycles. The summed E-state index contributed by atoms with van der Waals surface area (Å²) in [5.74, 6) is 0. The smallest absolute Gasteiger partial charge is 0.0705 e. The Labute approximate surface area is 373 Å². The highest BCUT2D eigenvalue weighted by molar-refractivity contribution is 7.04. The molecule has 8 aromatic carbocycles. The van der Waals surface area contributed by atoms with Crippen LogP contribution in [-0.4, -0.2) is 13.4 Å². The number of hydrogen-bond donors (Lipinski definition) is 0. The molecule has 0 spiro atoms. The van der Waals surface area contributed by atoms with Gasteiger partial charge in [0, 0.05) is 0 Å². The van der Waals surface area contributed by atoms with Crippen LogP contribution in [0.25, 0.3) is 54.6 Å². The van der Waals surface area contributed by atoms with Crippen molar-refractivity contribution in [1.82, 2.24) is 0 Å². The Bertz CT molecular complexity index is 3030. The van der Waals surface area contributed by atoms with E-state index in [-0.39, 0.29) is 18.8 Å². The van der Waals surface area contributed by atoms with Crippen molar-refractivity contribution in [3.63, 3.8) is 0 Å². The lowest BCUT2D eigenvalue weighted by Crippen LogP contribution is -2.56. The molecule has 8 aromatic rings. The Morgan fingerprint density at radius 2 is 0.581 bits per heavy atom. The highest BCUT2D eigenvalue weighted by atomic mass is 14.3. The molecular weight excluding hydrogens is 742 g/mol. The fraction of sp³-hybridized carbons (Fsp3) is 0.333. The van der Waals surface area contributed by atoms with Gasteiger partial charge in [-0.2, -0.15) is 0 Å². The lowest BCUT2D eigenvalue weighted by Gasteiger charge is -2.27. The van der Waals surface area contributed by atoms with Crippen LogP contribution in [-0.2, 0) is 5.41 Å². The Morgan fingerprint density at radius 3 is 0.855 bits per heavy atom. The molecule has 10 rings (SSSR count). The predicted molar refractivity (Wildman–Crippen MR) is 278 cm³/mol. The Morgan fingerprint density at radius 1 is 0.306 bits per heavy atom. The normalized spacial score (nSPS) is 13.3. The van der Waals surface area contributed by atoms with Gasteiger partial charge in [0.25, 0.3) is 0 Å². The second kappa shape index (κ2) is 13.2. The maximum absolute atomic E-state index is 2.75. The van der Waals surface area contributed by atoms with Crippen molar-refractivity contribution in [3.8, 4) is 22.3 Å². The van der Waals surface area contributed by atoms with E-state index in [4.69, 9.17) is 0 Å². The number of rotatable bonds is 2.